The lowest BCUT2D eigenvalue weighted by atomic mass is 9.85. The molecule has 5 nitrogen and oxygen atoms in total. The summed E-state index contributed by atoms with van der Waals surface area (Å²) >= 11 is 0. The van der Waals surface area contributed by atoms with Gasteiger partial charge in [-0.25, -0.2) is 0 Å². The number of hydrogen-bond donors (Lipinski definition) is 2. The topological polar surface area (TPSA) is 67.4 Å². The first-order valence-electron chi connectivity index (χ1n) is 7.28. The van der Waals surface area contributed by atoms with Crippen molar-refractivity contribution < 1.29 is 14.3 Å². The Hall–Kier alpha value is -1.10. The van der Waals surface area contributed by atoms with Gasteiger partial charge < -0.3 is 15.4 Å². The third kappa shape index (κ3) is 5.19. The maximum Gasteiger partial charge on any atom is 0.308 e. The Morgan fingerprint density at radius 2 is 2.05 bits per heavy atom. The van der Waals surface area contributed by atoms with Crippen LogP contribution in [0.5, 0.6) is 0 Å². The molecule has 19 heavy (non-hydrogen) atoms. The molecule has 0 aromatic rings. The van der Waals surface area contributed by atoms with E-state index in [0.29, 0.717) is 13.2 Å². The fourth-order valence-corrected chi connectivity index (χ4v) is 2.57. The molecule has 3 unspecified atom stereocenters. The highest BCUT2D eigenvalue weighted by molar-refractivity contribution is 5.81. The Kier molecular flexibility index (Phi) is 6.84. The molecule has 1 saturated carbocycles. The number of carbonyl (C=O) groups excluding carboxylic acids is 2. The zero-order valence-electron chi connectivity index (χ0n) is 12.2. The number of ether oxygens (including phenoxy) is 1. The van der Waals surface area contributed by atoms with E-state index in [9.17, 15) is 9.59 Å². The standard InChI is InChI=1S/C14H26N2O3/c1-4-15-13(17)10(3)16-12-8-6-7-11(9-12)14(18)19-5-2/h10-12,16H,4-9H2,1-3H3,(H,15,17). The van der Waals surface area contributed by atoms with Crippen LogP contribution in [0.15, 0.2) is 0 Å². The summed E-state index contributed by atoms with van der Waals surface area (Å²) < 4.78 is 5.07. The van der Waals surface area contributed by atoms with Gasteiger partial charge in [0, 0.05) is 12.6 Å². The monoisotopic (exact) mass is 270 g/mol. The second kappa shape index (κ2) is 8.15. The van der Waals surface area contributed by atoms with Crippen molar-refractivity contribution in [3.8, 4) is 0 Å². The summed E-state index contributed by atoms with van der Waals surface area (Å²) in [5.74, 6) is -0.104. The molecule has 110 valence electrons. The number of carbonyl (C=O) groups is 2. The zero-order chi connectivity index (χ0) is 14.3. The fourth-order valence-electron chi connectivity index (χ4n) is 2.57. The Balaban J connectivity index is 2.42. The van der Waals surface area contributed by atoms with Gasteiger partial charge in [-0.2, -0.15) is 0 Å². The number of likely N-dealkylation sites (N-methyl/N-ethyl adjacent to an activating group) is 1. The largest absolute Gasteiger partial charge is 0.466 e. The summed E-state index contributed by atoms with van der Waals surface area (Å²) in [7, 11) is 0. The van der Waals surface area contributed by atoms with Gasteiger partial charge in [0.15, 0.2) is 0 Å². The first-order valence-corrected chi connectivity index (χ1v) is 7.28. The van der Waals surface area contributed by atoms with Crippen LogP contribution in [0.2, 0.25) is 0 Å². The summed E-state index contributed by atoms with van der Waals surface area (Å²) in [5.41, 5.74) is 0. The highest BCUT2D eigenvalue weighted by Gasteiger charge is 2.29. The Bertz CT molecular complexity index is 305. The molecule has 1 fully saturated rings. The average Bonchev–Trinajstić information content (AvgIpc) is 2.39. The lowest BCUT2D eigenvalue weighted by Gasteiger charge is -2.30. The van der Waals surface area contributed by atoms with E-state index in [4.69, 9.17) is 4.74 Å². The number of nitrogens with one attached hydrogen (secondary N) is 2. The van der Waals surface area contributed by atoms with Crippen molar-refractivity contribution in [1.82, 2.24) is 10.6 Å². The van der Waals surface area contributed by atoms with Crippen molar-refractivity contribution in [3.63, 3.8) is 0 Å². The molecule has 3 atom stereocenters. The van der Waals surface area contributed by atoms with Crippen LogP contribution in [0.3, 0.4) is 0 Å². The normalized spacial score (nSPS) is 24.6. The Labute approximate surface area is 115 Å². The second-order valence-corrected chi connectivity index (χ2v) is 5.10. The van der Waals surface area contributed by atoms with E-state index in [2.05, 4.69) is 10.6 Å². The van der Waals surface area contributed by atoms with Crippen molar-refractivity contribution in [2.24, 2.45) is 5.92 Å². The predicted octanol–water partition coefficient (Wildman–Crippen LogP) is 1.22. The van der Waals surface area contributed by atoms with Crippen LogP contribution in [0.1, 0.15) is 46.5 Å². The van der Waals surface area contributed by atoms with E-state index in [1.165, 1.54) is 0 Å². The highest BCUT2D eigenvalue weighted by atomic mass is 16.5. The molecule has 0 bridgehead atoms. The van der Waals surface area contributed by atoms with E-state index < -0.39 is 0 Å². The first kappa shape index (κ1) is 16.0. The van der Waals surface area contributed by atoms with Gasteiger partial charge in [0.1, 0.15) is 0 Å². The van der Waals surface area contributed by atoms with Crippen molar-refractivity contribution in [3.05, 3.63) is 0 Å². The first-order chi connectivity index (χ1) is 9.08. The molecule has 0 saturated heterocycles. The van der Waals surface area contributed by atoms with Gasteiger partial charge in [0.2, 0.25) is 5.91 Å². The van der Waals surface area contributed by atoms with E-state index >= 15 is 0 Å². The molecule has 0 aromatic carbocycles. The summed E-state index contributed by atoms with van der Waals surface area (Å²) in [6.45, 7) is 6.66. The molecule has 1 aliphatic carbocycles. The van der Waals surface area contributed by atoms with Gasteiger partial charge >= 0.3 is 5.97 Å². The molecule has 1 aliphatic rings. The molecular weight excluding hydrogens is 244 g/mol. The molecule has 0 radical (unpaired) electrons. The average molecular weight is 270 g/mol. The highest BCUT2D eigenvalue weighted by Crippen LogP contribution is 2.25. The molecule has 2 N–H and O–H groups in total. The SMILES string of the molecule is CCNC(=O)C(C)NC1CCCC(C(=O)OCC)C1. The van der Waals surface area contributed by atoms with E-state index in [0.717, 1.165) is 25.7 Å². The van der Waals surface area contributed by atoms with Crippen LogP contribution >= 0.6 is 0 Å². The molecular formula is C14H26N2O3. The van der Waals surface area contributed by atoms with Crippen molar-refractivity contribution in [2.75, 3.05) is 13.2 Å². The fraction of sp³-hybridized carbons (Fsp3) is 0.857. The molecule has 1 amide bonds. The van der Waals surface area contributed by atoms with Crippen LogP contribution in [0.4, 0.5) is 0 Å². The third-order valence-corrected chi connectivity index (χ3v) is 3.52. The van der Waals surface area contributed by atoms with E-state index in [1.54, 1.807) is 0 Å². The number of esters is 1. The number of hydrogen-bond acceptors (Lipinski definition) is 4. The molecule has 0 aromatic heterocycles. The summed E-state index contributed by atoms with van der Waals surface area (Å²) in [6, 6.07) is 0.00616. The summed E-state index contributed by atoms with van der Waals surface area (Å²) in [5, 5.41) is 6.11. The van der Waals surface area contributed by atoms with Crippen LogP contribution in [-0.2, 0) is 14.3 Å². The van der Waals surface area contributed by atoms with Crippen LogP contribution in [0.25, 0.3) is 0 Å². The third-order valence-electron chi connectivity index (χ3n) is 3.52. The van der Waals surface area contributed by atoms with Gasteiger partial charge in [-0.05, 0) is 40.0 Å². The minimum atomic E-state index is -0.217. The quantitative estimate of drug-likeness (QED) is 0.712. The van der Waals surface area contributed by atoms with Gasteiger partial charge in [-0.1, -0.05) is 6.42 Å². The minimum Gasteiger partial charge on any atom is -0.466 e. The Morgan fingerprint density at radius 1 is 1.32 bits per heavy atom. The van der Waals surface area contributed by atoms with E-state index in [-0.39, 0.29) is 29.9 Å². The number of amides is 1. The Morgan fingerprint density at radius 3 is 2.68 bits per heavy atom. The van der Waals surface area contributed by atoms with Crippen LogP contribution in [-0.4, -0.2) is 37.1 Å². The lowest BCUT2D eigenvalue weighted by molar-refractivity contribution is -0.149. The van der Waals surface area contributed by atoms with Crippen LogP contribution < -0.4 is 10.6 Å². The maximum absolute atomic E-state index is 11.7. The second-order valence-electron chi connectivity index (χ2n) is 5.10. The molecule has 5 heteroatoms. The zero-order valence-corrected chi connectivity index (χ0v) is 12.2. The molecule has 1 rings (SSSR count). The molecule has 0 spiro atoms. The van der Waals surface area contributed by atoms with Crippen LogP contribution in [0, 0.1) is 5.92 Å². The molecule has 0 heterocycles. The maximum atomic E-state index is 11.7. The van der Waals surface area contributed by atoms with E-state index in [1.807, 2.05) is 20.8 Å². The van der Waals surface area contributed by atoms with Crippen molar-refractivity contribution in [2.45, 2.75) is 58.5 Å². The summed E-state index contributed by atoms with van der Waals surface area (Å²) in [6.07, 6.45) is 3.68. The predicted molar refractivity (Wildman–Crippen MR) is 73.7 cm³/mol. The molecule has 0 aliphatic heterocycles. The van der Waals surface area contributed by atoms with Crippen molar-refractivity contribution >= 4 is 11.9 Å². The minimum absolute atomic E-state index is 0.0146. The van der Waals surface area contributed by atoms with Crippen molar-refractivity contribution in [1.29, 1.82) is 0 Å². The number of rotatable bonds is 6. The summed E-state index contributed by atoms with van der Waals surface area (Å²) in [4.78, 5) is 23.4. The smallest absolute Gasteiger partial charge is 0.308 e. The van der Waals surface area contributed by atoms with Gasteiger partial charge in [0.25, 0.3) is 0 Å². The van der Waals surface area contributed by atoms with Gasteiger partial charge in [-0.15, -0.1) is 0 Å². The van der Waals surface area contributed by atoms with Gasteiger partial charge in [0.05, 0.1) is 18.6 Å². The van der Waals surface area contributed by atoms with Gasteiger partial charge in [-0.3, -0.25) is 9.59 Å². The lowest BCUT2D eigenvalue weighted by Crippen LogP contribution is -2.48.